The fraction of sp³-hybridized carbons (Fsp3) is 0.259. The molecule has 2 N–H and O–H groups in total. The quantitative estimate of drug-likeness (QED) is 0.433. The van der Waals surface area contributed by atoms with E-state index in [0.717, 1.165) is 40.9 Å². The summed E-state index contributed by atoms with van der Waals surface area (Å²) in [5, 5.41) is 12.6. The number of carbonyl (C=O) groups excluding carboxylic acids is 1. The molecule has 0 saturated carbocycles. The van der Waals surface area contributed by atoms with Crippen LogP contribution in [0.4, 0.5) is 0 Å². The third-order valence-corrected chi connectivity index (χ3v) is 6.39. The van der Waals surface area contributed by atoms with Crippen molar-refractivity contribution in [1.29, 1.82) is 0 Å². The number of fused-ring (bicyclic) bond motifs is 1. The predicted octanol–water partition coefficient (Wildman–Crippen LogP) is 4.81. The SMILES string of the molecule is COc1ccc2cc(-c3cc(C(=O)NCC(c4ccccc4)N4CCCC4)[nH]n3)ccc2c1. The molecular formula is C27H28N4O2. The first kappa shape index (κ1) is 21.2. The first-order valence-corrected chi connectivity index (χ1v) is 11.4. The van der Waals surface area contributed by atoms with E-state index in [4.69, 9.17) is 4.74 Å². The topological polar surface area (TPSA) is 70.2 Å². The molecule has 1 saturated heterocycles. The van der Waals surface area contributed by atoms with Crippen LogP contribution >= 0.6 is 0 Å². The van der Waals surface area contributed by atoms with E-state index in [2.05, 4.69) is 50.7 Å². The molecule has 0 bridgehead atoms. The van der Waals surface area contributed by atoms with E-state index >= 15 is 0 Å². The number of methoxy groups -OCH3 is 1. The first-order valence-electron chi connectivity index (χ1n) is 11.4. The molecule has 168 valence electrons. The van der Waals surface area contributed by atoms with Crippen LogP contribution in [0.15, 0.2) is 72.8 Å². The molecule has 1 atom stereocenters. The summed E-state index contributed by atoms with van der Waals surface area (Å²) in [4.78, 5) is 15.4. The highest BCUT2D eigenvalue weighted by atomic mass is 16.5. The van der Waals surface area contributed by atoms with Gasteiger partial charge in [-0.15, -0.1) is 0 Å². The molecule has 4 aromatic rings. The summed E-state index contributed by atoms with van der Waals surface area (Å²) in [6.45, 7) is 2.70. The van der Waals surface area contributed by atoms with Crippen LogP contribution in [-0.2, 0) is 0 Å². The summed E-state index contributed by atoms with van der Waals surface area (Å²) < 4.78 is 5.30. The minimum Gasteiger partial charge on any atom is -0.497 e. The molecular weight excluding hydrogens is 412 g/mol. The average molecular weight is 441 g/mol. The number of aromatic amines is 1. The summed E-state index contributed by atoms with van der Waals surface area (Å²) in [6.07, 6.45) is 2.42. The fourth-order valence-corrected chi connectivity index (χ4v) is 4.57. The maximum absolute atomic E-state index is 12.9. The number of amides is 1. The molecule has 33 heavy (non-hydrogen) atoms. The Bertz CT molecular complexity index is 1250. The highest BCUT2D eigenvalue weighted by molar-refractivity contribution is 5.94. The van der Waals surface area contributed by atoms with Crippen molar-refractivity contribution in [1.82, 2.24) is 20.4 Å². The number of nitrogens with zero attached hydrogens (tertiary/aromatic N) is 2. The van der Waals surface area contributed by atoms with Gasteiger partial charge in [-0.05, 0) is 66.5 Å². The molecule has 0 aliphatic carbocycles. The minimum absolute atomic E-state index is 0.139. The normalized spacial score (nSPS) is 14.9. The zero-order valence-electron chi connectivity index (χ0n) is 18.8. The van der Waals surface area contributed by atoms with Crippen molar-refractivity contribution < 1.29 is 9.53 Å². The molecule has 3 aromatic carbocycles. The second-order valence-electron chi connectivity index (χ2n) is 8.47. The number of benzene rings is 3. The van der Waals surface area contributed by atoms with Gasteiger partial charge in [-0.2, -0.15) is 5.10 Å². The summed E-state index contributed by atoms with van der Waals surface area (Å²) in [5.41, 5.74) is 3.41. The van der Waals surface area contributed by atoms with E-state index in [1.165, 1.54) is 18.4 Å². The highest BCUT2D eigenvalue weighted by Crippen LogP contribution is 2.27. The van der Waals surface area contributed by atoms with E-state index in [1.54, 1.807) is 7.11 Å². The van der Waals surface area contributed by atoms with Crippen molar-refractivity contribution in [3.05, 3.63) is 84.1 Å². The Hall–Kier alpha value is -3.64. The molecule has 0 spiro atoms. The summed E-state index contributed by atoms with van der Waals surface area (Å²) >= 11 is 0. The number of nitrogens with one attached hydrogen (secondary N) is 2. The number of hydrogen-bond acceptors (Lipinski definition) is 4. The molecule has 1 aliphatic rings. The van der Waals surface area contributed by atoms with Crippen molar-refractivity contribution >= 4 is 16.7 Å². The Morgan fingerprint density at radius 3 is 2.58 bits per heavy atom. The second kappa shape index (κ2) is 9.46. The number of aromatic nitrogens is 2. The van der Waals surface area contributed by atoms with Crippen molar-refractivity contribution in [3.63, 3.8) is 0 Å². The van der Waals surface area contributed by atoms with E-state index in [-0.39, 0.29) is 11.9 Å². The lowest BCUT2D eigenvalue weighted by Gasteiger charge is -2.28. The van der Waals surface area contributed by atoms with Crippen LogP contribution in [0, 0.1) is 0 Å². The smallest absolute Gasteiger partial charge is 0.269 e. The zero-order valence-corrected chi connectivity index (χ0v) is 18.8. The number of hydrogen-bond donors (Lipinski definition) is 2. The van der Waals surface area contributed by atoms with Crippen molar-refractivity contribution in [2.24, 2.45) is 0 Å². The number of ether oxygens (including phenoxy) is 1. The van der Waals surface area contributed by atoms with Crippen LogP contribution in [0.25, 0.3) is 22.0 Å². The predicted molar refractivity (Wildman–Crippen MR) is 130 cm³/mol. The lowest BCUT2D eigenvalue weighted by atomic mass is 10.0. The van der Waals surface area contributed by atoms with Crippen molar-refractivity contribution in [3.8, 4) is 17.0 Å². The summed E-state index contributed by atoms with van der Waals surface area (Å²) in [7, 11) is 1.67. The fourth-order valence-electron chi connectivity index (χ4n) is 4.57. The highest BCUT2D eigenvalue weighted by Gasteiger charge is 2.24. The molecule has 0 radical (unpaired) electrons. The molecule has 1 aliphatic heterocycles. The maximum Gasteiger partial charge on any atom is 0.269 e. The van der Waals surface area contributed by atoms with E-state index in [1.807, 2.05) is 42.5 Å². The Morgan fingerprint density at radius 1 is 1.03 bits per heavy atom. The van der Waals surface area contributed by atoms with Crippen LogP contribution in [0.2, 0.25) is 0 Å². The molecule has 1 unspecified atom stereocenters. The lowest BCUT2D eigenvalue weighted by molar-refractivity contribution is 0.0933. The lowest BCUT2D eigenvalue weighted by Crippen LogP contribution is -2.36. The number of H-pyrrole nitrogens is 1. The number of likely N-dealkylation sites (tertiary alicyclic amines) is 1. The molecule has 1 fully saturated rings. The summed E-state index contributed by atoms with van der Waals surface area (Å²) in [5.74, 6) is 0.691. The molecule has 6 nitrogen and oxygen atoms in total. The van der Waals surface area contributed by atoms with Crippen LogP contribution in [0.1, 0.15) is 34.9 Å². The van der Waals surface area contributed by atoms with Crippen molar-refractivity contribution in [2.45, 2.75) is 18.9 Å². The minimum atomic E-state index is -0.139. The average Bonchev–Trinajstić information content (AvgIpc) is 3.57. The maximum atomic E-state index is 12.9. The Kier molecular flexibility index (Phi) is 6.09. The molecule has 2 heterocycles. The van der Waals surface area contributed by atoms with E-state index in [0.29, 0.717) is 12.2 Å². The monoisotopic (exact) mass is 440 g/mol. The second-order valence-corrected chi connectivity index (χ2v) is 8.47. The van der Waals surface area contributed by atoms with Gasteiger partial charge in [0.25, 0.3) is 5.91 Å². The zero-order chi connectivity index (χ0) is 22.6. The van der Waals surface area contributed by atoms with Crippen LogP contribution in [-0.4, -0.2) is 47.7 Å². The molecule has 6 heteroatoms. The van der Waals surface area contributed by atoms with Gasteiger partial charge >= 0.3 is 0 Å². The van der Waals surface area contributed by atoms with Gasteiger partial charge in [-0.25, -0.2) is 0 Å². The van der Waals surface area contributed by atoms with Gasteiger partial charge in [-0.3, -0.25) is 14.8 Å². The Morgan fingerprint density at radius 2 is 1.79 bits per heavy atom. The Labute approximate surface area is 193 Å². The summed E-state index contributed by atoms with van der Waals surface area (Å²) in [6, 6.07) is 24.5. The standard InChI is InChI=1S/C27H28N4O2/c1-33-23-12-11-20-15-22(10-9-21(20)16-23)24-17-25(30-29-24)27(32)28-18-26(31-13-5-6-14-31)19-7-3-2-4-8-19/h2-4,7-12,15-17,26H,5-6,13-14,18H2,1H3,(H,28,32)(H,29,30). The molecule has 1 aromatic heterocycles. The van der Waals surface area contributed by atoms with Gasteiger partial charge in [0.1, 0.15) is 11.4 Å². The van der Waals surface area contributed by atoms with Crippen LogP contribution in [0.5, 0.6) is 5.75 Å². The van der Waals surface area contributed by atoms with E-state index < -0.39 is 0 Å². The van der Waals surface area contributed by atoms with Gasteiger partial charge < -0.3 is 10.1 Å². The largest absolute Gasteiger partial charge is 0.497 e. The number of carbonyl (C=O) groups is 1. The Balaban J connectivity index is 1.30. The molecule has 1 amide bonds. The third-order valence-electron chi connectivity index (χ3n) is 6.39. The number of rotatable bonds is 7. The van der Waals surface area contributed by atoms with Gasteiger partial charge in [0, 0.05) is 12.1 Å². The van der Waals surface area contributed by atoms with Gasteiger partial charge in [-0.1, -0.05) is 48.5 Å². The van der Waals surface area contributed by atoms with Crippen LogP contribution in [0.3, 0.4) is 0 Å². The first-order chi connectivity index (χ1) is 16.2. The van der Waals surface area contributed by atoms with Gasteiger partial charge in [0.05, 0.1) is 18.8 Å². The van der Waals surface area contributed by atoms with Gasteiger partial charge in [0.2, 0.25) is 0 Å². The third kappa shape index (κ3) is 4.61. The van der Waals surface area contributed by atoms with Gasteiger partial charge in [0.15, 0.2) is 0 Å². The molecule has 5 rings (SSSR count). The van der Waals surface area contributed by atoms with Crippen LogP contribution < -0.4 is 10.1 Å². The van der Waals surface area contributed by atoms with E-state index in [9.17, 15) is 4.79 Å². The van der Waals surface area contributed by atoms with Crippen molar-refractivity contribution in [2.75, 3.05) is 26.7 Å².